The summed E-state index contributed by atoms with van der Waals surface area (Å²) >= 11 is 0. The molecule has 1 atom stereocenters. The molecule has 0 fully saturated rings. The molecular formula is C16H27NO. The maximum Gasteiger partial charge on any atom is 0.119 e. The summed E-state index contributed by atoms with van der Waals surface area (Å²) in [6.45, 7) is 9.64. The highest BCUT2D eigenvalue weighted by Crippen LogP contribution is 2.21. The van der Waals surface area contributed by atoms with E-state index >= 15 is 0 Å². The Balaban J connectivity index is 2.36. The maximum atomic E-state index is 5.59. The van der Waals surface area contributed by atoms with Crippen LogP contribution in [0, 0.1) is 0 Å². The fourth-order valence-corrected chi connectivity index (χ4v) is 1.90. The van der Waals surface area contributed by atoms with Crippen molar-refractivity contribution in [3.05, 3.63) is 29.8 Å². The van der Waals surface area contributed by atoms with E-state index in [0.717, 1.165) is 31.9 Å². The smallest absolute Gasteiger partial charge is 0.119 e. The van der Waals surface area contributed by atoms with Gasteiger partial charge in [-0.2, -0.15) is 0 Å². The van der Waals surface area contributed by atoms with Crippen molar-refractivity contribution in [2.45, 2.75) is 46.0 Å². The molecule has 1 unspecified atom stereocenters. The second-order valence-corrected chi connectivity index (χ2v) is 4.86. The number of ether oxygens (including phenoxy) is 1. The quantitative estimate of drug-likeness (QED) is 0.669. The summed E-state index contributed by atoms with van der Waals surface area (Å²) in [5.74, 6) is 1.59. The standard InChI is InChI=1S/C16H27NO/c1-4-11-17-12-10-14(3)15-6-8-16(9-7-15)18-13-5-2/h6-9,14,17H,4-5,10-13H2,1-3H3. The van der Waals surface area contributed by atoms with Crippen molar-refractivity contribution in [2.24, 2.45) is 0 Å². The average Bonchev–Trinajstić information content (AvgIpc) is 2.41. The normalized spacial score (nSPS) is 12.4. The number of rotatable bonds is 9. The summed E-state index contributed by atoms with van der Waals surface area (Å²) in [5.41, 5.74) is 1.40. The van der Waals surface area contributed by atoms with Crippen molar-refractivity contribution >= 4 is 0 Å². The van der Waals surface area contributed by atoms with E-state index in [0.29, 0.717) is 5.92 Å². The van der Waals surface area contributed by atoms with E-state index in [-0.39, 0.29) is 0 Å². The third kappa shape index (κ3) is 5.54. The van der Waals surface area contributed by atoms with Gasteiger partial charge in [-0.15, -0.1) is 0 Å². The van der Waals surface area contributed by atoms with Crippen molar-refractivity contribution in [1.82, 2.24) is 5.32 Å². The molecule has 1 aromatic carbocycles. The molecule has 0 aliphatic heterocycles. The van der Waals surface area contributed by atoms with Crippen LogP contribution in [0.25, 0.3) is 0 Å². The van der Waals surface area contributed by atoms with Crippen LogP contribution in [0.4, 0.5) is 0 Å². The summed E-state index contributed by atoms with van der Waals surface area (Å²) in [7, 11) is 0. The highest BCUT2D eigenvalue weighted by atomic mass is 16.5. The molecule has 1 N–H and O–H groups in total. The van der Waals surface area contributed by atoms with Gasteiger partial charge in [0.05, 0.1) is 6.61 Å². The van der Waals surface area contributed by atoms with Crippen LogP contribution in [0.3, 0.4) is 0 Å². The Labute approximate surface area is 112 Å². The van der Waals surface area contributed by atoms with E-state index in [1.807, 2.05) is 0 Å². The third-order valence-electron chi connectivity index (χ3n) is 3.10. The molecule has 0 amide bonds. The van der Waals surface area contributed by atoms with Gasteiger partial charge in [-0.1, -0.05) is 32.9 Å². The average molecular weight is 249 g/mol. The molecule has 0 aliphatic carbocycles. The van der Waals surface area contributed by atoms with Gasteiger partial charge in [0.15, 0.2) is 0 Å². The van der Waals surface area contributed by atoms with Crippen molar-refractivity contribution < 1.29 is 4.74 Å². The molecule has 0 spiro atoms. The summed E-state index contributed by atoms with van der Waals surface area (Å²) in [6, 6.07) is 8.55. The van der Waals surface area contributed by atoms with Gasteiger partial charge in [0.25, 0.3) is 0 Å². The third-order valence-corrected chi connectivity index (χ3v) is 3.10. The molecule has 0 aliphatic rings. The topological polar surface area (TPSA) is 21.3 Å². The number of hydrogen-bond acceptors (Lipinski definition) is 2. The van der Waals surface area contributed by atoms with Gasteiger partial charge in [0, 0.05) is 0 Å². The summed E-state index contributed by atoms with van der Waals surface area (Å²) in [6.07, 6.45) is 3.45. The predicted molar refractivity (Wildman–Crippen MR) is 78.4 cm³/mol. The van der Waals surface area contributed by atoms with E-state index in [2.05, 4.69) is 50.4 Å². The lowest BCUT2D eigenvalue weighted by molar-refractivity contribution is 0.317. The first-order valence-corrected chi connectivity index (χ1v) is 7.21. The lowest BCUT2D eigenvalue weighted by atomic mass is 9.98. The van der Waals surface area contributed by atoms with Crippen molar-refractivity contribution in [2.75, 3.05) is 19.7 Å². The molecule has 1 rings (SSSR count). The molecule has 1 aromatic rings. The minimum Gasteiger partial charge on any atom is -0.494 e. The Kier molecular flexibility index (Phi) is 7.51. The molecule has 2 nitrogen and oxygen atoms in total. The van der Waals surface area contributed by atoms with Crippen molar-refractivity contribution in [3.8, 4) is 5.75 Å². The first kappa shape index (κ1) is 15.0. The Morgan fingerprint density at radius 3 is 2.39 bits per heavy atom. The first-order chi connectivity index (χ1) is 8.77. The van der Waals surface area contributed by atoms with Crippen LogP contribution in [-0.4, -0.2) is 19.7 Å². The van der Waals surface area contributed by atoms with Crippen LogP contribution >= 0.6 is 0 Å². The zero-order chi connectivity index (χ0) is 13.2. The SMILES string of the molecule is CCCNCCC(C)c1ccc(OCCC)cc1. The van der Waals surface area contributed by atoms with E-state index in [1.54, 1.807) is 0 Å². The molecule has 18 heavy (non-hydrogen) atoms. The molecule has 0 radical (unpaired) electrons. The van der Waals surface area contributed by atoms with E-state index in [9.17, 15) is 0 Å². The minimum atomic E-state index is 0.606. The number of benzene rings is 1. The number of hydrogen-bond donors (Lipinski definition) is 1. The Morgan fingerprint density at radius 2 is 1.78 bits per heavy atom. The maximum absolute atomic E-state index is 5.59. The Hall–Kier alpha value is -1.02. The van der Waals surface area contributed by atoms with Crippen LogP contribution in [0.2, 0.25) is 0 Å². The zero-order valence-electron chi connectivity index (χ0n) is 12.0. The molecule has 0 bridgehead atoms. The molecule has 0 saturated carbocycles. The lowest BCUT2D eigenvalue weighted by Gasteiger charge is -2.13. The number of nitrogens with one attached hydrogen (secondary N) is 1. The molecule has 2 heteroatoms. The van der Waals surface area contributed by atoms with Gasteiger partial charge in [-0.25, -0.2) is 0 Å². The van der Waals surface area contributed by atoms with Gasteiger partial charge in [0.2, 0.25) is 0 Å². The fourth-order valence-electron chi connectivity index (χ4n) is 1.90. The Morgan fingerprint density at radius 1 is 1.06 bits per heavy atom. The zero-order valence-corrected chi connectivity index (χ0v) is 12.0. The van der Waals surface area contributed by atoms with Crippen molar-refractivity contribution in [3.63, 3.8) is 0 Å². The first-order valence-electron chi connectivity index (χ1n) is 7.21. The summed E-state index contributed by atoms with van der Waals surface area (Å²) < 4.78 is 5.59. The highest BCUT2D eigenvalue weighted by Gasteiger charge is 2.05. The molecule has 0 heterocycles. The molecule has 0 aromatic heterocycles. The van der Waals surface area contributed by atoms with E-state index in [1.165, 1.54) is 18.4 Å². The summed E-state index contributed by atoms with van der Waals surface area (Å²) in [5, 5.41) is 3.45. The highest BCUT2D eigenvalue weighted by molar-refractivity contribution is 5.29. The molecule has 0 saturated heterocycles. The van der Waals surface area contributed by atoms with Gasteiger partial charge in [-0.3, -0.25) is 0 Å². The van der Waals surface area contributed by atoms with E-state index < -0.39 is 0 Å². The second kappa shape index (κ2) is 8.98. The van der Waals surface area contributed by atoms with Gasteiger partial charge < -0.3 is 10.1 Å². The predicted octanol–water partition coefficient (Wildman–Crippen LogP) is 3.97. The van der Waals surface area contributed by atoms with Crippen LogP contribution in [-0.2, 0) is 0 Å². The molecular weight excluding hydrogens is 222 g/mol. The minimum absolute atomic E-state index is 0.606. The molecule has 102 valence electrons. The fraction of sp³-hybridized carbons (Fsp3) is 0.625. The van der Waals surface area contributed by atoms with Gasteiger partial charge >= 0.3 is 0 Å². The monoisotopic (exact) mass is 249 g/mol. The Bertz CT molecular complexity index is 307. The van der Waals surface area contributed by atoms with Gasteiger partial charge in [-0.05, 0) is 56.0 Å². The lowest BCUT2D eigenvalue weighted by Crippen LogP contribution is -2.17. The van der Waals surface area contributed by atoms with Crippen LogP contribution < -0.4 is 10.1 Å². The van der Waals surface area contributed by atoms with Gasteiger partial charge in [0.1, 0.15) is 5.75 Å². The largest absolute Gasteiger partial charge is 0.494 e. The van der Waals surface area contributed by atoms with Crippen LogP contribution in [0.15, 0.2) is 24.3 Å². The van der Waals surface area contributed by atoms with E-state index in [4.69, 9.17) is 4.74 Å². The van der Waals surface area contributed by atoms with Crippen LogP contribution in [0.1, 0.15) is 51.5 Å². The second-order valence-electron chi connectivity index (χ2n) is 4.86. The van der Waals surface area contributed by atoms with Crippen molar-refractivity contribution in [1.29, 1.82) is 0 Å². The van der Waals surface area contributed by atoms with Crippen LogP contribution in [0.5, 0.6) is 5.75 Å². The summed E-state index contributed by atoms with van der Waals surface area (Å²) in [4.78, 5) is 0.